The van der Waals surface area contributed by atoms with Crippen molar-refractivity contribution in [3.63, 3.8) is 0 Å². The molecule has 1 aliphatic rings. The molecular weight excluding hydrogens is 561 g/mol. The summed E-state index contributed by atoms with van der Waals surface area (Å²) in [5.41, 5.74) is 7.54. The highest BCUT2D eigenvalue weighted by Gasteiger charge is 2.37. The predicted octanol–water partition coefficient (Wildman–Crippen LogP) is 1.46. The van der Waals surface area contributed by atoms with Crippen molar-refractivity contribution in [2.45, 2.75) is 63.4 Å². The number of carboxylic acids is 1. The van der Waals surface area contributed by atoms with Gasteiger partial charge in [-0.15, -0.1) is 0 Å². The van der Waals surface area contributed by atoms with Crippen LogP contribution in [0.3, 0.4) is 0 Å². The molecule has 0 bridgehead atoms. The van der Waals surface area contributed by atoms with E-state index in [4.69, 9.17) is 25.0 Å². The summed E-state index contributed by atoms with van der Waals surface area (Å²) in [4.78, 5) is 52.3. The number of carbonyl (C=O) groups excluding carboxylic acids is 3. The fourth-order valence-corrected chi connectivity index (χ4v) is 4.10. The highest BCUT2D eigenvalue weighted by Crippen LogP contribution is 2.18. The van der Waals surface area contributed by atoms with Gasteiger partial charge in [-0.3, -0.25) is 25.2 Å². The number of aliphatic imine (C=N–C) groups is 1. The summed E-state index contributed by atoms with van der Waals surface area (Å²) in [6, 6.07) is 17.1. The number of carbonyl (C=O) groups is 4. The van der Waals surface area contributed by atoms with Crippen molar-refractivity contribution in [1.29, 1.82) is 0 Å². The Morgan fingerprint density at radius 1 is 0.953 bits per heavy atom. The van der Waals surface area contributed by atoms with Crippen molar-refractivity contribution >= 4 is 37.1 Å². The molecule has 0 aromatic heterocycles. The highest BCUT2D eigenvalue weighted by atomic mass is 16.6. The molecule has 2 aromatic rings. The summed E-state index contributed by atoms with van der Waals surface area (Å²) in [5, 5.41) is 26.4. The molecular formula is C28H36BN5O9. The van der Waals surface area contributed by atoms with Gasteiger partial charge in [-0.1, -0.05) is 60.7 Å². The van der Waals surface area contributed by atoms with Crippen molar-refractivity contribution < 1.29 is 43.4 Å². The first-order valence-corrected chi connectivity index (χ1v) is 13.8. The lowest BCUT2D eigenvalue weighted by atomic mass is 9.72. The molecule has 3 atom stereocenters. The van der Waals surface area contributed by atoms with E-state index in [1.807, 2.05) is 36.4 Å². The first-order valence-electron chi connectivity index (χ1n) is 13.8. The molecule has 1 fully saturated rings. The maximum Gasteiger partial charge on any atom is 0.478 e. The molecule has 3 rings (SSSR count). The van der Waals surface area contributed by atoms with E-state index >= 15 is 0 Å². The van der Waals surface area contributed by atoms with E-state index in [-0.39, 0.29) is 38.6 Å². The van der Waals surface area contributed by atoms with E-state index < -0.39 is 49.3 Å². The van der Waals surface area contributed by atoms with Gasteiger partial charge in [0.15, 0.2) is 0 Å². The van der Waals surface area contributed by atoms with Gasteiger partial charge in [-0.05, 0) is 36.8 Å². The van der Waals surface area contributed by atoms with Crippen molar-refractivity contribution in [3.05, 3.63) is 71.8 Å². The first kappa shape index (κ1) is 33.0. The topological polar surface area (TPSA) is 211 Å². The maximum atomic E-state index is 12.5. The second-order valence-electron chi connectivity index (χ2n) is 9.79. The lowest BCUT2D eigenvalue weighted by Crippen LogP contribution is -2.56. The number of rotatable bonds is 12. The molecule has 15 heteroatoms. The minimum absolute atomic E-state index is 0.00329. The van der Waals surface area contributed by atoms with Crippen LogP contribution in [0.1, 0.15) is 43.2 Å². The van der Waals surface area contributed by atoms with Crippen LogP contribution in [0.15, 0.2) is 65.7 Å². The Balaban J connectivity index is 1.48. The SMILES string of the molecule is N[C@H](CCCN=C(NC(=O)OCc1ccccc1)NC(=O)OCc1ccccc1)C(=O)N[C@H]1CC[C@@H](CC(=O)O)OB1O. The number of nitrogens with one attached hydrogen (secondary N) is 3. The van der Waals surface area contributed by atoms with E-state index in [2.05, 4.69) is 20.9 Å². The summed E-state index contributed by atoms with van der Waals surface area (Å²) in [7, 11) is -1.35. The van der Waals surface area contributed by atoms with Crippen LogP contribution >= 0.6 is 0 Å². The van der Waals surface area contributed by atoms with Gasteiger partial charge in [-0.2, -0.15) is 0 Å². The number of hydrogen-bond acceptors (Lipinski definition) is 10. The molecule has 2 aromatic carbocycles. The summed E-state index contributed by atoms with van der Waals surface area (Å²) >= 11 is 0. The largest absolute Gasteiger partial charge is 0.481 e. The van der Waals surface area contributed by atoms with Gasteiger partial charge in [0.2, 0.25) is 11.9 Å². The van der Waals surface area contributed by atoms with Crippen LogP contribution in [0.4, 0.5) is 9.59 Å². The molecule has 230 valence electrons. The molecule has 43 heavy (non-hydrogen) atoms. The van der Waals surface area contributed by atoms with E-state index in [1.54, 1.807) is 24.3 Å². The van der Waals surface area contributed by atoms with Crippen LogP contribution < -0.4 is 21.7 Å². The van der Waals surface area contributed by atoms with Crippen LogP contribution in [0.25, 0.3) is 0 Å². The quantitative estimate of drug-likeness (QED) is 0.0897. The molecule has 7 N–H and O–H groups in total. The molecule has 1 heterocycles. The van der Waals surface area contributed by atoms with Crippen LogP contribution in [0.5, 0.6) is 0 Å². The Morgan fingerprint density at radius 2 is 1.51 bits per heavy atom. The lowest BCUT2D eigenvalue weighted by molar-refractivity contribution is -0.139. The summed E-state index contributed by atoms with van der Waals surface area (Å²) in [6.45, 7) is 0.0902. The Labute approximate surface area is 249 Å². The Kier molecular flexibility index (Phi) is 13.4. The molecule has 0 saturated carbocycles. The summed E-state index contributed by atoms with van der Waals surface area (Å²) in [5.74, 6) is -2.47. The van der Waals surface area contributed by atoms with E-state index in [9.17, 15) is 24.2 Å². The number of aliphatic carboxylic acids is 1. The van der Waals surface area contributed by atoms with Gasteiger partial charge >= 0.3 is 25.3 Å². The molecule has 14 nitrogen and oxygen atoms in total. The van der Waals surface area contributed by atoms with Crippen molar-refractivity contribution in [2.24, 2.45) is 10.7 Å². The monoisotopic (exact) mass is 597 g/mol. The number of carboxylic acid groups (broad SMARTS) is 1. The van der Waals surface area contributed by atoms with Crippen LogP contribution in [-0.4, -0.2) is 71.9 Å². The van der Waals surface area contributed by atoms with Crippen LogP contribution in [-0.2, 0) is 36.9 Å². The van der Waals surface area contributed by atoms with Crippen molar-refractivity contribution in [3.8, 4) is 0 Å². The molecule has 0 spiro atoms. The number of alkyl carbamates (subject to hydrolysis) is 2. The minimum atomic E-state index is -1.35. The minimum Gasteiger partial charge on any atom is -0.481 e. The molecule has 1 aliphatic heterocycles. The third-order valence-corrected chi connectivity index (χ3v) is 6.35. The van der Waals surface area contributed by atoms with Gasteiger partial charge in [0.1, 0.15) is 13.2 Å². The summed E-state index contributed by atoms with van der Waals surface area (Å²) in [6.07, 6.45) is -1.35. The highest BCUT2D eigenvalue weighted by molar-refractivity contribution is 6.45. The predicted molar refractivity (Wildman–Crippen MR) is 155 cm³/mol. The number of nitrogens with zero attached hydrogens (tertiary/aromatic N) is 1. The number of benzene rings is 2. The number of ether oxygens (including phenoxy) is 2. The smallest absolute Gasteiger partial charge is 0.478 e. The zero-order valence-corrected chi connectivity index (χ0v) is 23.5. The molecule has 3 amide bonds. The van der Waals surface area contributed by atoms with Crippen molar-refractivity contribution in [1.82, 2.24) is 16.0 Å². The number of amides is 3. The van der Waals surface area contributed by atoms with Gasteiger partial charge in [0.05, 0.1) is 24.5 Å². The standard InChI is InChI=1S/C28H36BN5O9/c30-22(25(37)32-23-14-13-21(16-24(35)36)43-29(23)40)12-7-15-31-26(33-27(38)41-17-19-8-3-1-4-9-19)34-28(39)42-18-20-10-5-2-6-11-20/h1-6,8-11,21-23,40H,7,12-18,30H2,(H,32,37)(H,35,36)(H2,31,33,34,38,39)/t21-,22+,23-/m0/s1. The average molecular weight is 597 g/mol. The van der Waals surface area contributed by atoms with Crippen LogP contribution in [0, 0.1) is 0 Å². The third-order valence-electron chi connectivity index (χ3n) is 6.35. The van der Waals surface area contributed by atoms with E-state index in [0.29, 0.717) is 19.3 Å². The molecule has 0 unspecified atom stereocenters. The first-order chi connectivity index (χ1) is 20.7. The van der Waals surface area contributed by atoms with Crippen LogP contribution in [0.2, 0.25) is 0 Å². The second kappa shape index (κ2) is 17.5. The fraction of sp³-hybridized carbons (Fsp3) is 0.393. The van der Waals surface area contributed by atoms with Gasteiger partial charge < -0.3 is 35.3 Å². The van der Waals surface area contributed by atoms with Crippen molar-refractivity contribution in [2.75, 3.05) is 6.54 Å². The van der Waals surface area contributed by atoms with Gasteiger partial charge in [0.25, 0.3) is 0 Å². The second-order valence-corrected chi connectivity index (χ2v) is 9.79. The third kappa shape index (κ3) is 12.5. The zero-order valence-electron chi connectivity index (χ0n) is 23.5. The summed E-state index contributed by atoms with van der Waals surface area (Å²) < 4.78 is 15.7. The average Bonchev–Trinajstić information content (AvgIpc) is 2.99. The van der Waals surface area contributed by atoms with E-state index in [1.165, 1.54) is 0 Å². The Hall–Kier alpha value is -4.47. The number of guanidine groups is 1. The maximum absolute atomic E-state index is 12.5. The zero-order chi connectivity index (χ0) is 31.0. The Morgan fingerprint density at radius 3 is 2.02 bits per heavy atom. The Bertz CT molecular complexity index is 1180. The lowest BCUT2D eigenvalue weighted by Gasteiger charge is -2.31. The number of hydrogen-bond donors (Lipinski definition) is 6. The number of nitrogens with two attached hydrogens (primary N) is 1. The molecule has 0 aliphatic carbocycles. The van der Waals surface area contributed by atoms with Gasteiger partial charge in [-0.25, -0.2) is 9.59 Å². The molecule has 1 saturated heterocycles. The van der Waals surface area contributed by atoms with E-state index in [0.717, 1.165) is 11.1 Å². The normalized spacial score (nSPS) is 16.7. The fourth-order valence-electron chi connectivity index (χ4n) is 4.10. The molecule has 0 radical (unpaired) electrons. The van der Waals surface area contributed by atoms with Gasteiger partial charge in [0, 0.05) is 6.54 Å².